The molecule has 0 radical (unpaired) electrons. The van der Waals surface area contributed by atoms with Crippen LogP contribution in [0.4, 0.5) is 0 Å². The molecule has 5 rings (SSSR count). The summed E-state index contributed by atoms with van der Waals surface area (Å²) in [4.78, 5) is 4.32. The van der Waals surface area contributed by atoms with Crippen LogP contribution in [0, 0.1) is 25.1 Å². The average molecular weight is 594 g/mol. The molecule has 0 amide bonds. The molecular weight excluding hydrogens is 567 g/mol. The Bertz CT molecular complexity index is 1450. The summed E-state index contributed by atoms with van der Waals surface area (Å²) in [6, 6.07) is 32.8. The zero-order valence-corrected chi connectivity index (χ0v) is 19.8. The topological polar surface area (TPSA) is 12.9 Å². The monoisotopic (exact) mass is 594 g/mol. The molecule has 32 heavy (non-hydrogen) atoms. The van der Waals surface area contributed by atoms with Gasteiger partial charge in [0.15, 0.2) is 0 Å². The van der Waals surface area contributed by atoms with E-state index in [2.05, 4.69) is 42.2 Å². The zero-order valence-electron chi connectivity index (χ0n) is 22.4. The minimum atomic E-state index is -0.396. The molecule has 0 atom stereocenters. The molecule has 0 N–H and O–H groups in total. The van der Waals surface area contributed by atoms with Crippen molar-refractivity contribution >= 4 is 0 Å². The van der Waals surface area contributed by atoms with Gasteiger partial charge in [-0.1, -0.05) is 49.3 Å². The maximum atomic E-state index is 7.98. The Morgan fingerprint density at radius 3 is 1.97 bits per heavy atom. The van der Waals surface area contributed by atoms with Gasteiger partial charge in [0.2, 0.25) is 0 Å². The fourth-order valence-corrected chi connectivity index (χ4v) is 3.01. The van der Waals surface area contributed by atoms with Crippen LogP contribution < -0.4 is 0 Å². The van der Waals surface area contributed by atoms with Crippen molar-refractivity contribution in [2.24, 2.45) is 0 Å². The Labute approximate surface area is 211 Å². The van der Waals surface area contributed by atoms with E-state index in [1.807, 2.05) is 48.5 Å². The fourth-order valence-electron chi connectivity index (χ4n) is 3.01. The maximum absolute atomic E-state index is 7.98. The van der Waals surface area contributed by atoms with E-state index in [1.54, 1.807) is 18.2 Å². The van der Waals surface area contributed by atoms with Crippen molar-refractivity contribution in [2.75, 3.05) is 0 Å². The van der Waals surface area contributed by atoms with Crippen molar-refractivity contribution in [3.63, 3.8) is 0 Å². The van der Waals surface area contributed by atoms with Gasteiger partial charge in [-0.05, 0) is 16.8 Å². The predicted octanol–water partition coefficient (Wildman–Crippen LogP) is 7.48. The molecule has 2 heteroatoms. The van der Waals surface area contributed by atoms with Crippen LogP contribution in [0.25, 0.3) is 33.5 Å². The standard InChI is InChI=1S/C17H12N.C13H10.Ir/c1-3-7-14(8-4-1)16-11-12-17(18-13-16)15-9-5-2-6-10-15;1-11-7-5-6-10-13(11)12-8-3-2-4-9-12;/h1-9,11-13H;2-8H,1H3;/q-1;-2;+3/i1D,3D,4D,7D,8D;;. The summed E-state index contributed by atoms with van der Waals surface area (Å²) < 4.78 is 39.1. The maximum Gasteiger partial charge on any atom is 3.00 e. The van der Waals surface area contributed by atoms with Gasteiger partial charge in [0.25, 0.3) is 0 Å². The SMILES string of the molecule is Cc1ccc[c-]c1-c1[c-]cccc1.[2H]c1c([2H])c([2H])c(-c2ccc(-c3[c-]cccc3)nc2)c([2H])c1[2H].[Ir+3]. The second-order valence-corrected chi connectivity index (χ2v) is 6.71. The second kappa shape index (κ2) is 11.9. The molecule has 1 aromatic heterocycles. The smallest absolute Gasteiger partial charge is 0.304 e. The Morgan fingerprint density at radius 1 is 0.688 bits per heavy atom. The molecule has 0 spiro atoms. The second-order valence-electron chi connectivity index (χ2n) is 6.71. The number of aryl methyl sites for hydroxylation is 1. The molecule has 0 saturated carbocycles. The van der Waals surface area contributed by atoms with Gasteiger partial charge in [0, 0.05) is 6.20 Å². The minimum Gasteiger partial charge on any atom is -0.304 e. The van der Waals surface area contributed by atoms with Crippen molar-refractivity contribution in [1.29, 1.82) is 0 Å². The van der Waals surface area contributed by atoms with E-state index in [4.69, 9.17) is 6.85 Å². The Balaban J connectivity index is 0.000000231. The van der Waals surface area contributed by atoms with Gasteiger partial charge in [-0.3, -0.25) is 0 Å². The summed E-state index contributed by atoms with van der Waals surface area (Å²) in [5, 5.41) is 0. The summed E-state index contributed by atoms with van der Waals surface area (Å²) in [5.41, 5.74) is 5.68. The molecule has 0 unspecified atom stereocenters. The Kier molecular flexibility index (Phi) is 6.42. The van der Waals surface area contributed by atoms with Gasteiger partial charge >= 0.3 is 20.1 Å². The average Bonchev–Trinajstić information content (AvgIpc) is 2.93. The van der Waals surface area contributed by atoms with E-state index in [9.17, 15) is 0 Å². The van der Waals surface area contributed by atoms with E-state index >= 15 is 0 Å². The van der Waals surface area contributed by atoms with E-state index < -0.39 is 6.04 Å². The third kappa shape index (κ3) is 6.11. The summed E-state index contributed by atoms with van der Waals surface area (Å²) in [7, 11) is 0. The Morgan fingerprint density at radius 2 is 1.38 bits per heavy atom. The van der Waals surface area contributed by atoms with Crippen molar-refractivity contribution in [2.45, 2.75) is 6.92 Å². The molecule has 0 saturated heterocycles. The summed E-state index contributed by atoms with van der Waals surface area (Å²) in [6.07, 6.45) is 1.52. The van der Waals surface area contributed by atoms with Crippen LogP contribution in [0.2, 0.25) is 0 Å². The molecule has 0 aliphatic carbocycles. The molecule has 0 bridgehead atoms. The fraction of sp³-hybridized carbons (Fsp3) is 0.0333. The molecule has 0 aliphatic rings. The number of pyridine rings is 1. The number of aromatic nitrogens is 1. The quantitative estimate of drug-likeness (QED) is 0.198. The van der Waals surface area contributed by atoms with Crippen LogP contribution in [0.5, 0.6) is 0 Å². The molecule has 1 nitrogen and oxygen atoms in total. The summed E-state index contributed by atoms with van der Waals surface area (Å²) >= 11 is 0. The Hall–Kier alpha value is -3.32. The molecule has 156 valence electrons. The van der Waals surface area contributed by atoms with Gasteiger partial charge in [0.05, 0.1) is 6.85 Å². The van der Waals surface area contributed by atoms with Gasteiger partial charge < -0.3 is 4.98 Å². The largest absolute Gasteiger partial charge is 3.00 e. The minimum absolute atomic E-state index is 0. The zero-order chi connectivity index (χ0) is 25.7. The van der Waals surface area contributed by atoms with Crippen molar-refractivity contribution in [3.8, 4) is 33.5 Å². The number of rotatable bonds is 3. The molecule has 5 aromatic rings. The number of hydrogen-bond acceptors (Lipinski definition) is 1. The number of benzene rings is 4. The van der Waals surface area contributed by atoms with Gasteiger partial charge in [0.1, 0.15) is 0 Å². The van der Waals surface area contributed by atoms with Crippen molar-refractivity contribution in [1.82, 2.24) is 4.98 Å². The van der Waals surface area contributed by atoms with Crippen molar-refractivity contribution in [3.05, 3.63) is 139 Å². The predicted molar refractivity (Wildman–Crippen MR) is 128 cm³/mol. The van der Waals surface area contributed by atoms with Crippen LogP contribution >= 0.6 is 0 Å². The van der Waals surface area contributed by atoms with Crippen LogP contribution in [0.15, 0.2) is 115 Å². The van der Waals surface area contributed by atoms with Crippen LogP contribution in [-0.2, 0) is 20.1 Å². The molecule has 1 heterocycles. The first-order valence-electron chi connectivity index (χ1n) is 12.3. The van der Waals surface area contributed by atoms with Crippen LogP contribution in [-0.4, -0.2) is 4.98 Å². The van der Waals surface area contributed by atoms with Gasteiger partial charge in [-0.15, -0.1) is 48.0 Å². The molecular formula is C30H22IrN. The van der Waals surface area contributed by atoms with E-state index in [0.717, 1.165) is 16.7 Å². The van der Waals surface area contributed by atoms with Gasteiger partial charge in [-0.2, -0.15) is 48.0 Å². The van der Waals surface area contributed by atoms with Crippen LogP contribution in [0.1, 0.15) is 12.4 Å². The van der Waals surface area contributed by atoms with E-state index in [0.29, 0.717) is 11.3 Å². The molecule has 0 fully saturated rings. The first kappa shape index (κ1) is 17.3. The summed E-state index contributed by atoms with van der Waals surface area (Å²) in [5.74, 6) is 0. The first-order chi connectivity index (χ1) is 17.4. The van der Waals surface area contributed by atoms with E-state index in [1.165, 1.54) is 11.8 Å². The normalized spacial score (nSPS) is 12.0. The first-order valence-corrected chi connectivity index (χ1v) is 9.83. The summed E-state index contributed by atoms with van der Waals surface area (Å²) in [6.45, 7) is 2.09. The van der Waals surface area contributed by atoms with Crippen molar-refractivity contribution < 1.29 is 27.0 Å². The third-order valence-corrected chi connectivity index (χ3v) is 4.58. The van der Waals surface area contributed by atoms with Gasteiger partial charge in [-0.25, -0.2) is 11.1 Å². The third-order valence-electron chi connectivity index (χ3n) is 4.58. The number of nitrogens with zero attached hydrogens (tertiary/aromatic N) is 1. The molecule has 4 aromatic carbocycles. The van der Waals surface area contributed by atoms with E-state index in [-0.39, 0.29) is 49.8 Å². The number of hydrogen-bond donors (Lipinski definition) is 0. The molecule has 0 aliphatic heterocycles. The van der Waals surface area contributed by atoms with Crippen LogP contribution in [0.3, 0.4) is 0 Å².